The van der Waals surface area contributed by atoms with Gasteiger partial charge in [-0.25, -0.2) is 12.8 Å². The van der Waals surface area contributed by atoms with Crippen LogP contribution in [0.25, 0.3) is 0 Å². The van der Waals surface area contributed by atoms with Gasteiger partial charge in [0, 0.05) is 13.1 Å². The highest BCUT2D eigenvalue weighted by Gasteiger charge is 2.39. The lowest BCUT2D eigenvalue weighted by molar-refractivity contribution is -0.125. The number of halogens is 1. The maximum absolute atomic E-state index is 13.2. The second kappa shape index (κ2) is 7.59. The quantitative estimate of drug-likeness (QED) is 0.772. The first-order valence-corrected chi connectivity index (χ1v) is 11.1. The van der Waals surface area contributed by atoms with Crippen molar-refractivity contribution in [1.29, 1.82) is 0 Å². The number of hydrazone groups is 1. The Hall–Kier alpha value is -2.74. The van der Waals surface area contributed by atoms with Crippen molar-refractivity contribution < 1.29 is 17.6 Å². The van der Waals surface area contributed by atoms with E-state index in [1.807, 2.05) is 0 Å². The fraction of sp³-hybridized carbons (Fsp3) is 0.333. The molecule has 0 spiro atoms. The predicted octanol–water partition coefficient (Wildman–Crippen LogP) is 3.19. The Balaban J connectivity index is 1.72. The van der Waals surface area contributed by atoms with E-state index in [1.54, 1.807) is 35.2 Å². The number of hydrogen-bond donors (Lipinski definition) is 0. The van der Waals surface area contributed by atoms with Gasteiger partial charge in [0.1, 0.15) is 5.82 Å². The van der Waals surface area contributed by atoms with E-state index in [-0.39, 0.29) is 17.3 Å². The van der Waals surface area contributed by atoms with E-state index < -0.39 is 20.8 Å². The third-order valence-corrected chi connectivity index (χ3v) is 7.09. The molecule has 0 radical (unpaired) electrons. The molecule has 2 heterocycles. The summed E-state index contributed by atoms with van der Waals surface area (Å²) < 4.78 is 39.5. The smallest absolute Gasteiger partial charge is 0.286 e. The third-order valence-electron chi connectivity index (χ3n) is 5.40. The van der Waals surface area contributed by atoms with Crippen molar-refractivity contribution in [2.24, 2.45) is 11.0 Å². The maximum Gasteiger partial charge on any atom is 0.286 e. The normalized spacial score (nSPS) is 18.9. The second-order valence-corrected chi connectivity index (χ2v) is 9.37. The Labute approximate surface area is 169 Å². The van der Waals surface area contributed by atoms with Gasteiger partial charge in [0.2, 0.25) is 14.9 Å². The summed E-state index contributed by atoms with van der Waals surface area (Å²) in [6.45, 7) is 3.39. The molecule has 1 amide bonds. The van der Waals surface area contributed by atoms with Gasteiger partial charge < -0.3 is 4.90 Å². The first kappa shape index (κ1) is 19.6. The molecule has 152 valence electrons. The van der Waals surface area contributed by atoms with Crippen molar-refractivity contribution >= 4 is 26.5 Å². The van der Waals surface area contributed by atoms with Crippen LogP contribution in [0.2, 0.25) is 0 Å². The van der Waals surface area contributed by atoms with E-state index in [2.05, 4.69) is 12.0 Å². The van der Waals surface area contributed by atoms with Crippen LogP contribution in [0.1, 0.15) is 25.3 Å². The number of amides is 1. The Morgan fingerprint density at radius 3 is 2.45 bits per heavy atom. The van der Waals surface area contributed by atoms with Crippen LogP contribution in [0.15, 0.2) is 58.5 Å². The number of carbonyl (C=O) groups is 1. The molecule has 0 N–H and O–H groups in total. The van der Waals surface area contributed by atoms with Crippen LogP contribution in [0.4, 0.5) is 10.1 Å². The van der Waals surface area contributed by atoms with Gasteiger partial charge in [0.15, 0.2) is 0 Å². The summed E-state index contributed by atoms with van der Waals surface area (Å²) in [5.41, 5.74) is 1.16. The Morgan fingerprint density at radius 1 is 1.10 bits per heavy atom. The summed E-state index contributed by atoms with van der Waals surface area (Å²) in [6, 6.07) is 12.4. The molecule has 1 saturated heterocycles. The van der Waals surface area contributed by atoms with Crippen molar-refractivity contribution in [2.75, 3.05) is 18.1 Å². The number of hydrogen-bond acceptors (Lipinski definition) is 5. The van der Waals surface area contributed by atoms with Crippen molar-refractivity contribution in [1.82, 2.24) is 4.90 Å². The Morgan fingerprint density at radius 2 is 1.76 bits per heavy atom. The van der Waals surface area contributed by atoms with E-state index in [9.17, 15) is 17.6 Å². The molecule has 0 saturated carbocycles. The molecule has 0 aromatic heterocycles. The molecule has 4 rings (SSSR count). The highest BCUT2D eigenvalue weighted by molar-refractivity contribution is 8.08. The van der Waals surface area contributed by atoms with Gasteiger partial charge >= 0.3 is 0 Å². The average Bonchev–Trinajstić information content (AvgIpc) is 2.72. The number of fused-ring (bicyclic) bond motifs is 1. The van der Waals surface area contributed by atoms with Crippen LogP contribution >= 0.6 is 0 Å². The van der Waals surface area contributed by atoms with Gasteiger partial charge in [0.05, 0.1) is 17.1 Å². The zero-order chi connectivity index (χ0) is 20.6. The average molecular weight is 415 g/mol. The molecular weight excluding hydrogens is 393 g/mol. The fourth-order valence-corrected chi connectivity index (χ4v) is 5.09. The molecule has 1 fully saturated rings. The molecule has 8 heteroatoms. The van der Waals surface area contributed by atoms with Gasteiger partial charge in [-0.2, -0.15) is 5.10 Å². The van der Waals surface area contributed by atoms with Gasteiger partial charge in [-0.1, -0.05) is 31.2 Å². The number of benzene rings is 2. The first-order valence-electron chi connectivity index (χ1n) is 9.60. The molecule has 0 bridgehead atoms. The number of piperidine rings is 1. The minimum atomic E-state index is -4.02. The highest BCUT2D eigenvalue weighted by Crippen LogP contribution is 2.33. The first-order chi connectivity index (χ1) is 13.9. The Kier molecular flexibility index (Phi) is 5.12. The van der Waals surface area contributed by atoms with Crippen molar-refractivity contribution in [3.63, 3.8) is 0 Å². The highest BCUT2D eigenvalue weighted by atomic mass is 32.2. The number of para-hydroxylation sites is 1. The van der Waals surface area contributed by atoms with Crippen LogP contribution in [-0.4, -0.2) is 37.4 Å². The largest absolute Gasteiger partial charge is 0.337 e. The lowest BCUT2D eigenvalue weighted by atomic mass is 9.99. The summed E-state index contributed by atoms with van der Waals surface area (Å²) >= 11 is 0. The molecule has 29 heavy (non-hydrogen) atoms. The number of likely N-dealkylation sites (tertiary alicyclic amines) is 1. The van der Waals surface area contributed by atoms with Crippen molar-refractivity contribution in [3.05, 3.63) is 59.9 Å². The number of carbonyl (C=O) groups excluding carboxylic acids is 1. The SMILES string of the molecule is CC1CCN(C(=O)C2=NN(Cc3ccc(F)cc3)c3ccccc3S2(=O)=O)CC1. The molecule has 2 aromatic carbocycles. The molecule has 2 aliphatic heterocycles. The minimum Gasteiger partial charge on any atom is -0.337 e. The van der Waals surface area contributed by atoms with Crippen LogP contribution in [-0.2, 0) is 21.2 Å². The lowest BCUT2D eigenvalue weighted by Gasteiger charge is -2.32. The van der Waals surface area contributed by atoms with Crippen LogP contribution in [0, 0.1) is 11.7 Å². The summed E-state index contributed by atoms with van der Waals surface area (Å²) in [4.78, 5) is 14.7. The summed E-state index contributed by atoms with van der Waals surface area (Å²) in [5, 5.41) is 5.32. The van der Waals surface area contributed by atoms with E-state index in [4.69, 9.17) is 0 Å². The topological polar surface area (TPSA) is 70.1 Å². The molecule has 2 aliphatic rings. The number of sulfone groups is 1. The van der Waals surface area contributed by atoms with Gasteiger partial charge in [-0.3, -0.25) is 9.80 Å². The number of anilines is 1. The second-order valence-electron chi connectivity index (χ2n) is 7.54. The number of rotatable bonds is 3. The molecule has 0 atom stereocenters. The summed E-state index contributed by atoms with van der Waals surface area (Å²) in [6.07, 6.45) is 1.68. The van der Waals surface area contributed by atoms with Crippen LogP contribution in [0.3, 0.4) is 0 Å². The van der Waals surface area contributed by atoms with E-state index in [0.717, 1.165) is 18.4 Å². The Bertz CT molecular complexity index is 1060. The zero-order valence-electron chi connectivity index (χ0n) is 16.1. The van der Waals surface area contributed by atoms with E-state index >= 15 is 0 Å². The third kappa shape index (κ3) is 3.76. The van der Waals surface area contributed by atoms with Gasteiger partial charge in [-0.05, 0) is 48.6 Å². The zero-order valence-corrected chi connectivity index (χ0v) is 16.9. The molecule has 0 aliphatic carbocycles. The van der Waals surface area contributed by atoms with Crippen molar-refractivity contribution in [3.8, 4) is 0 Å². The van der Waals surface area contributed by atoms with Gasteiger partial charge in [0.25, 0.3) is 5.91 Å². The molecule has 0 unspecified atom stereocenters. The van der Waals surface area contributed by atoms with Crippen molar-refractivity contribution in [2.45, 2.75) is 31.2 Å². The lowest BCUT2D eigenvalue weighted by Crippen LogP contribution is -2.46. The standard InChI is InChI=1S/C21H22FN3O3S/c1-15-10-12-24(13-11-15)21(26)20-23-25(14-16-6-8-17(22)9-7-16)18-4-2-3-5-19(18)29(20,27)28/h2-9,15H,10-14H2,1H3. The van der Waals surface area contributed by atoms with E-state index in [1.165, 1.54) is 23.2 Å². The van der Waals surface area contributed by atoms with Crippen LogP contribution < -0.4 is 5.01 Å². The van der Waals surface area contributed by atoms with Crippen LogP contribution in [0.5, 0.6) is 0 Å². The monoisotopic (exact) mass is 415 g/mol. The predicted molar refractivity (Wildman–Crippen MR) is 109 cm³/mol. The summed E-state index contributed by atoms with van der Waals surface area (Å²) in [5.74, 6) is -0.399. The molecule has 6 nitrogen and oxygen atoms in total. The summed E-state index contributed by atoms with van der Waals surface area (Å²) in [7, 11) is -4.02. The molecular formula is C21H22FN3O3S. The minimum absolute atomic E-state index is 0.0610. The maximum atomic E-state index is 13.2. The molecule has 2 aromatic rings. The fourth-order valence-electron chi connectivity index (χ4n) is 3.61. The van der Waals surface area contributed by atoms with E-state index in [0.29, 0.717) is 24.7 Å². The van der Waals surface area contributed by atoms with Gasteiger partial charge in [-0.15, -0.1) is 0 Å². The number of nitrogens with zero attached hydrogens (tertiary/aromatic N) is 3.